The summed E-state index contributed by atoms with van der Waals surface area (Å²) in [6.45, 7) is 6.08. The Balaban J connectivity index is 1.72. The number of aromatic nitrogens is 4. The van der Waals surface area contributed by atoms with Gasteiger partial charge in [-0.2, -0.15) is 0 Å². The van der Waals surface area contributed by atoms with Crippen molar-refractivity contribution in [2.45, 2.75) is 52.6 Å². The summed E-state index contributed by atoms with van der Waals surface area (Å²) in [5.41, 5.74) is 1.67. The normalized spacial score (nSPS) is 18.3. The van der Waals surface area contributed by atoms with Gasteiger partial charge in [-0.3, -0.25) is 10.1 Å². The molecular weight excluding hydrogens is 529 g/mol. The van der Waals surface area contributed by atoms with Gasteiger partial charge in [0.05, 0.1) is 30.0 Å². The van der Waals surface area contributed by atoms with Crippen LogP contribution in [-0.2, 0) is 19.6 Å². The molecular formula is C21H28IN5O5. The summed E-state index contributed by atoms with van der Waals surface area (Å²) in [4.78, 5) is 28.6. The van der Waals surface area contributed by atoms with Crippen molar-refractivity contribution >= 4 is 40.9 Å². The Bertz CT molecular complexity index is 964. The van der Waals surface area contributed by atoms with Gasteiger partial charge in [0, 0.05) is 7.05 Å². The Morgan fingerprint density at radius 3 is 2.78 bits per heavy atom. The monoisotopic (exact) mass is 557 g/mol. The molecule has 1 aliphatic rings. The molecule has 10 nitrogen and oxygen atoms in total. The number of carbonyl (C=O) groups excluding carboxylic acids is 2. The Morgan fingerprint density at radius 2 is 2.09 bits per heavy atom. The molecule has 0 aliphatic heterocycles. The SMILES string of the molecule is Cc1nc(-c2nnn(C)c2NC(=O)OCC(C)C)ccc1O[C@H]1CCC[C@H](C(=O)OI)C1. The quantitative estimate of drug-likeness (QED) is 0.503. The number of halogens is 1. The standard InChI is InChI=1S/C21H28IN5O5/c1-12(2)11-30-21(29)24-19-18(25-26-27(19)4)16-8-9-17(13(3)23-16)31-15-7-5-6-14(10-15)20(28)32-22/h8-9,12,14-15H,5-7,10-11H2,1-4H3,(H,24,29)/t14-,15-/m0/s1. The molecule has 2 aromatic rings. The van der Waals surface area contributed by atoms with Gasteiger partial charge in [0.25, 0.3) is 0 Å². The number of anilines is 1. The third kappa shape index (κ3) is 6.08. The Hall–Kier alpha value is -2.44. The van der Waals surface area contributed by atoms with Crippen molar-refractivity contribution in [1.82, 2.24) is 20.0 Å². The minimum absolute atomic E-state index is 0.0694. The molecule has 1 amide bonds. The highest BCUT2D eigenvalue weighted by Crippen LogP contribution is 2.32. The summed E-state index contributed by atoms with van der Waals surface area (Å²) >= 11 is 1.63. The molecule has 0 aromatic carbocycles. The molecule has 2 aromatic heterocycles. The van der Waals surface area contributed by atoms with Crippen molar-refractivity contribution < 1.29 is 22.1 Å². The zero-order valence-electron chi connectivity index (χ0n) is 18.6. The van der Waals surface area contributed by atoms with E-state index in [4.69, 9.17) is 12.5 Å². The number of pyridine rings is 1. The molecule has 32 heavy (non-hydrogen) atoms. The first kappa shape index (κ1) is 24.2. The third-order valence-electron chi connectivity index (χ3n) is 5.20. The van der Waals surface area contributed by atoms with Gasteiger partial charge >= 0.3 is 12.1 Å². The molecule has 1 N–H and O–H groups in total. The number of ether oxygens (including phenoxy) is 2. The van der Waals surface area contributed by atoms with Crippen LogP contribution in [0.3, 0.4) is 0 Å². The molecule has 0 unspecified atom stereocenters. The summed E-state index contributed by atoms with van der Waals surface area (Å²) in [5, 5.41) is 10.8. The summed E-state index contributed by atoms with van der Waals surface area (Å²) in [6.07, 6.45) is 2.59. The van der Waals surface area contributed by atoms with E-state index in [0.717, 1.165) is 19.3 Å². The van der Waals surface area contributed by atoms with Crippen LogP contribution in [0.5, 0.6) is 5.75 Å². The minimum atomic E-state index is -0.570. The number of nitrogens with zero attached hydrogens (tertiary/aromatic N) is 4. The van der Waals surface area contributed by atoms with E-state index in [1.54, 1.807) is 36.1 Å². The first-order valence-electron chi connectivity index (χ1n) is 10.6. The molecule has 0 radical (unpaired) electrons. The zero-order valence-corrected chi connectivity index (χ0v) is 20.8. The largest absolute Gasteiger partial charge is 0.489 e. The molecule has 11 heteroatoms. The second kappa shape index (κ2) is 10.9. The lowest BCUT2D eigenvalue weighted by Gasteiger charge is -2.28. The van der Waals surface area contributed by atoms with Gasteiger partial charge in [0.2, 0.25) is 0 Å². The number of hydrogen-bond acceptors (Lipinski definition) is 8. The van der Waals surface area contributed by atoms with E-state index in [0.29, 0.717) is 41.7 Å². The average Bonchev–Trinajstić information content (AvgIpc) is 3.13. The summed E-state index contributed by atoms with van der Waals surface area (Å²) in [7, 11) is 1.68. The molecule has 1 aliphatic carbocycles. The number of hydrogen-bond donors (Lipinski definition) is 1. The van der Waals surface area contributed by atoms with Gasteiger partial charge in [-0.15, -0.1) is 5.10 Å². The fraction of sp³-hybridized carbons (Fsp3) is 0.571. The van der Waals surface area contributed by atoms with E-state index in [1.807, 2.05) is 26.8 Å². The molecule has 3 rings (SSSR count). The summed E-state index contributed by atoms with van der Waals surface area (Å²) < 4.78 is 17.7. The summed E-state index contributed by atoms with van der Waals surface area (Å²) in [5.74, 6) is 0.942. The van der Waals surface area contributed by atoms with E-state index in [1.165, 1.54) is 4.68 Å². The number of carbonyl (C=O) groups is 2. The van der Waals surface area contributed by atoms with Crippen molar-refractivity contribution in [2.24, 2.45) is 18.9 Å². The van der Waals surface area contributed by atoms with Crippen LogP contribution in [0.15, 0.2) is 12.1 Å². The Kier molecular flexibility index (Phi) is 8.26. The highest BCUT2D eigenvalue weighted by Gasteiger charge is 2.30. The van der Waals surface area contributed by atoms with E-state index in [2.05, 4.69) is 20.6 Å². The van der Waals surface area contributed by atoms with E-state index in [-0.39, 0.29) is 23.9 Å². The molecule has 2 heterocycles. The van der Waals surface area contributed by atoms with Crippen LogP contribution in [0.2, 0.25) is 0 Å². The maximum atomic E-state index is 12.1. The lowest BCUT2D eigenvalue weighted by Crippen LogP contribution is -2.30. The number of aryl methyl sites for hydroxylation is 2. The van der Waals surface area contributed by atoms with Crippen molar-refractivity contribution in [3.63, 3.8) is 0 Å². The van der Waals surface area contributed by atoms with Crippen LogP contribution in [0, 0.1) is 18.8 Å². The fourth-order valence-electron chi connectivity index (χ4n) is 3.56. The zero-order chi connectivity index (χ0) is 23.3. The average molecular weight is 557 g/mol. The Morgan fingerprint density at radius 1 is 1.31 bits per heavy atom. The number of amides is 1. The smallest absolute Gasteiger partial charge is 0.412 e. The number of rotatable bonds is 7. The molecule has 0 spiro atoms. The predicted octanol–water partition coefficient (Wildman–Crippen LogP) is 4.22. The van der Waals surface area contributed by atoms with Crippen molar-refractivity contribution in [1.29, 1.82) is 0 Å². The highest BCUT2D eigenvalue weighted by atomic mass is 127. The van der Waals surface area contributed by atoms with Crippen molar-refractivity contribution in [3.8, 4) is 17.1 Å². The second-order valence-electron chi connectivity index (χ2n) is 8.31. The molecule has 1 saturated carbocycles. The van der Waals surface area contributed by atoms with Gasteiger partial charge in [-0.1, -0.05) is 19.1 Å². The van der Waals surface area contributed by atoms with Gasteiger partial charge in [-0.05, 0) is 50.7 Å². The van der Waals surface area contributed by atoms with Gasteiger partial charge in [0.1, 0.15) is 5.75 Å². The molecule has 2 atom stereocenters. The maximum absolute atomic E-state index is 12.1. The lowest BCUT2D eigenvalue weighted by atomic mass is 9.87. The lowest BCUT2D eigenvalue weighted by molar-refractivity contribution is -0.137. The first-order chi connectivity index (χ1) is 15.3. The summed E-state index contributed by atoms with van der Waals surface area (Å²) in [6, 6.07) is 3.60. The maximum Gasteiger partial charge on any atom is 0.412 e. The fourth-order valence-corrected chi connectivity index (χ4v) is 3.92. The van der Waals surface area contributed by atoms with Crippen LogP contribution >= 0.6 is 23.0 Å². The van der Waals surface area contributed by atoms with Crippen LogP contribution in [-0.4, -0.2) is 44.8 Å². The van der Waals surface area contributed by atoms with Crippen LogP contribution in [0.4, 0.5) is 10.6 Å². The molecule has 0 bridgehead atoms. The van der Waals surface area contributed by atoms with E-state index in [9.17, 15) is 9.59 Å². The van der Waals surface area contributed by atoms with Crippen LogP contribution < -0.4 is 10.1 Å². The molecule has 174 valence electrons. The molecule has 0 saturated heterocycles. The van der Waals surface area contributed by atoms with Gasteiger partial charge in [-0.25, -0.2) is 14.5 Å². The van der Waals surface area contributed by atoms with Crippen molar-refractivity contribution in [3.05, 3.63) is 17.8 Å². The predicted molar refractivity (Wildman–Crippen MR) is 125 cm³/mol. The highest BCUT2D eigenvalue weighted by molar-refractivity contribution is 14.1. The minimum Gasteiger partial charge on any atom is -0.489 e. The number of nitrogens with one attached hydrogen (secondary N) is 1. The third-order valence-corrected chi connectivity index (χ3v) is 5.64. The molecule has 1 fully saturated rings. The van der Waals surface area contributed by atoms with Crippen molar-refractivity contribution in [2.75, 3.05) is 11.9 Å². The van der Waals surface area contributed by atoms with Gasteiger partial charge in [0.15, 0.2) is 34.5 Å². The Labute approximate surface area is 201 Å². The van der Waals surface area contributed by atoms with E-state index < -0.39 is 6.09 Å². The first-order valence-corrected chi connectivity index (χ1v) is 11.5. The van der Waals surface area contributed by atoms with Crippen LogP contribution in [0.25, 0.3) is 11.4 Å². The van der Waals surface area contributed by atoms with Crippen LogP contribution in [0.1, 0.15) is 45.2 Å². The van der Waals surface area contributed by atoms with E-state index >= 15 is 0 Å². The van der Waals surface area contributed by atoms with Gasteiger partial charge < -0.3 is 12.5 Å². The second-order valence-corrected chi connectivity index (χ2v) is 8.75. The topological polar surface area (TPSA) is 117 Å².